The van der Waals surface area contributed by atoms with Crippen molar-refractivity contribution in [1.82, 2.24) is 5.32 Å². The Morgan fingerprint density at radius 1 is 1.24 bits per heavy atom. The number of benzene rings is 1. The fraction of sp³-hybridized carbons (Fsp3) is 0.375. The van der Waals surface area contributed by atoms with Crippen molar-refractivity contribution >= 4 is 16.9 Å². The maximum absolute atomic E-state index is 12.0. The van der Waals surface area contributed by atoms with Crippen LogP contribution in [0.2, 0.25) is 0 Å². The summed E-state index contributed by atoms with van der Waals surface area (Å²) in [5, 5.41) is 12.7. The molecule has 0 spiro atoms. The maximum atomic E-state index is 12.0. The van der Waals surface area contributed by atoms with E-state index in [1.165, 1.54) is 18.2 Å². The number of phenols is 1. The Balaban J connectivity index is 2.10. The van der Waals surface area contributed by atoms with E-state index in [0.29, 0.717) is 11.9 Å². The lowest BCUT2D eigenvalue weighted by Gasteiger charge is -2.05. The van der Waals surface area contributed by atoms with Gasteiger partial charge in [-0.3, -0.25) is 4.79 Å². The van der Waals surface area contributed by atoms with E-state index in [9.17, 15) is 14.7 Å². The Morgan fingerprint density at radius 3 is 2.81 bits per heavy atom. The van der Waals surface area contributed by atoms with E-state index in [-0.39, 0.29) is 16.9 Å². The molecule has 0 bridgehead atoms. The van der Waals surface area contributed by atoms with E-state index in [2.05, 4.69) is 12.2 Å². The molecule has 1 amide bonds. The molecule has 1 heterocycles. The predicted octanol–water partition coefficient (Wildman–Crippen LogP) is 2.81. The molecule has 1 aromatic heterocycles. The van der Waals surface area contributed by atoms with Crippen LogP contribution >= 0.6 is 0 Å². The van der Waals surface area contributed by atoms with Crippen LogP contribution in [-0.4, -0.2) is 17.6 Å². The Hall–Kier alpha value is -2.30. The number of carbonyl (C=O) groups excluding carboxylic acids is 1. The fourth-order valence-electron chi connectivity index (χ4n) is 2.11. The number of unbranched alkanes of at least 4 members (excludes halogenated alkanes) is 3. The van der Waals surface area contributed by atoms with Crippen LogP contribution < -0.4 is 10.9 Å². The third-order valence-electron chi connectivity index (χ3n) is 3.28. The molecule has 2 rings (SSSR count). The first-order valence-electron chi connectivity index (χ1n) is 7.17. The summed E-state index contributed by atoms with van der Waals surface area (Å²) in [6.45, 7) is 2.67. The van der Waals surface area contributed by atoms with Crippen molar-refractivity contribution in [2.45, 2.75) is 32.6 Å². The second kappa shape index (κ2) is 6.92. The van der Waals surface area contributed by atoms with Crippen molar-refractivity contribution in [3.05, 3.63) is 40.2 Å². The highest BCUT2D eigenvalue weighted by molar-refractivity contribution is 5.96. The van der Waals surface area contributed by atoms with Gasteiger partial charge in [0.25, 0.3) is 5.91 Å². The van der Waals surface area contributed by atoms with Gasteiger partial charge in [0.1, 0.15) is 16.9 Å². The lowest BCUT2D eigenvalue weighted by Crippen LogP contribution is -2.29. The standard InChI is InChI=1S/C16H19NO4/c1-2-3-4-5-8-17-15(19)13-9-11-6-7-12(18)10-14(11)21-16(13)20/h6-7,9-10,18H,2-5,8H2,1H3,(H,17,19). The highest BCUT2D eigenvalue weighted by atomic mass is 16.4. The molecule has 0 unspecified atom stereocenters. The molecule has 0 aliphatic rings. The molecule has 2 N–H and O–H groups in total. The zero-order chi connectivity index (χ0) is 15.2. The Morgan fingerprint density at radius 2 is 2.05 bits per heavy atom. The molecule has 0 atom stereocenters. The van der Waals surface area contributed by atoms with Gasteiger partial charge in [-0.2, -0.15) is 0 Å². The minimum absolute atomic E-state index is 0.0105. The van der Waals surface area contributed by atoms with E-state index in [0.717, 1.165) is 25.7 Å². The number of amides is 1. The first-order valence-corrected chi connectivity index (χ1v) is 7.17. The summed E-state index contributed by atoms with van der Waals surface area (Å²) in [5.41, 5.74) is -0.442. The predicted molar refractivity (Wildman–Crippen MR) is 80.6 cm³/mol. The van der Waals surface area contributed by atoms with E-state index in [1.807, 2.05) is 0 Å². The summed E-state index contributed by atoms with van der Waals surface area (Å²) in [4.78, 5) is 23.8. The molecule has 0 saturated carbocycles. The number of carbonyl (C=O) groups is 1. The number of phenolic OH excluding ortho intramolecular Hbond substituents is 1. The molecule has 1 aromatic carbocycles. The molecular formula is C16H19NO4. The van der Waals surface area contributed by atoms with Crippen molar-refractivity contribution in [3.63, 3.8) is 0 Å². The van der Waals surface area contributed by atoms with Gasteiger partial charge in [-0.1, -0.05) is 26.2 Å². The summed E-state index contributed by atoms with van der Waals surface area (Å²) in [7, 11) is 0. The van der Waals surface area contributed by atoms with Crippen molar-refractivity contribution in [2.24, 2.45) is 0 Å². The minimum atomic E-state index is -0.695. The fourth-order valence-corrected chi connectivity index (χ4v) is 2.11. The molecule has 0 fully saturated rings. The second-order valence-corrected chi connectivity index (χ2v) is 4.99. The van der Waals surface area contributed by atoms with Gasteiger partial charge in [0, 0.05) is 18.0 Å². The molecule has 21 heavy (non-hydrogen) atoms. The monoisotopic (exact) mass is 289 g/mol. The van der Waals surface area contributed by atoms with Gasteiger partial charge in [-0.05, 0) is 24.6 Å². The van der Waals surface area contributed by atoms with Gasteiger partial charge in [0.15, 0.2) is 0 Å². The lowest BCUT2D eigenvalue weighted by atomic mass is 10.1. The average Bonchev–Trinajstić information content (AvgIpc) is 2.46. The summed E-state index contributed by atoms with van der Waals surface area (Å²) in [5.74, 6) is -0.408. The van der Waals surface area contributed by atoms with Crippen LogP contribution in [0.15, 0.2) is 33.5 Å². The van der Waals surface area contributed by atoms with Gasteiger partial charge < -0.3 is 14.8 Å². The van der Waals surface area contributed by atoms with Crippen LogP contribution in [-0.2, 0) is 0 Å². The quantitative estimate of drug-likeness (QED) is 0.633. The largest absolute Gasteiger partial charge is 0.508 e. The van der Waals surface area contributed by atoms with E-state index in [1.54, 1.807) is 6.07 Å². The van der Waals surface area contributed by atoms with E-state index >= 15 is 0 Å². The number of nitrogens with one attached hydrogen (secondary N) is 1. The van der Waals surface area contributed by atoms with Gasteiger partial charge in [-0.25, -0.2) is 4.79 Å². The van der Waals surface area contributed by atoms with Crippen molar-refractivity contribution in [1.29, 1.82) is 0 Å². The van der Waals surface area contributed by atoms with Crippen LogP contribution in [0.5, 0.6) is 5.75 Å². The van der Waals surface area contributed by atoms with Crippen molar-refractivity contribution in [2.75, 3.05) is 6.54 Å². The topological polar surface area (TPSA) is 79.5 Å². The molecule has 5 heteroatoms. The summed E-state index contributed by atoms with van der Waals surface area (Å²) >= 11 is 0. The summed E-state index contributed by atoms with van der Waals surface area (Å²) in [6.07, 6.45) is 4.22. The highest BCUT2D eigenvalue weighted by Crippen LogP contribution is 2.19. The normalized spacial score (nSPS) is 10.7. The van der Waals surface area contributed by atoms with Crippen LogP contribution in [0, 0.1) is 0 Å². The minimum Gasteiger partial charge on any atom is -0.508 e. The molecule has 0 radical (unpaired) electrons. The Labute approximate surface area is 122 Å². The van der Waals surface area contributed by atoms with E-state index in [4.69, 9.17) is 4.42 Å². The van der Waals surface area contributed by atoms with Gasteiger partial charge in [0.2, 0.25) is 0 Å². The SMILES string of the molecule is CCCCCCNC(=O)c1cc2ccc(O)cc2oc1=O. The zero-order valence-electron chi connectivity index (χ0n) is 12.0. The molecule has 112 valence electrons. The first-order chi connectivity index (χ1) is 10.1. The van der Waals surface area contributed by atoms with Gasteiger partial charge in [-0.15, -0.1) is 0 Å². The smallest absolute Gasteiger partial charge is 0.349 e. The lowest BCUT2D eigenvalue weighted by molar-refractivity contribution is 0.0949. The van der Waals surface area contributed by atoms with Crippen LogP contribution in [0.25, 0.3) is 11.0 Å². The summed E-state index contributed by atoms with van der Waals surface area (Å²) in [6, 6.07) is 5.92. The molecule has 2 aromatic rings. The number of hydrogen-bond donors (Lipinski definition) is 2. The van der Waals surface area contributed by atoms with Crippen molar-refractivity contribution in [3.8, 4) is 5.75 Å². The number of rotatable bonds is 6. The molecule has 0 aliphatic carbocycles. The molecule has 0 saturated heterocycles. The maximum Gasteiger partial charge on any atom is 0.349 e. The van der Waals surface area contributed by atoms with Crippen LogP contribution in [0.1, 0.15) is 43.0 Å². The Kier molecular flexibility index (Phi) is 4.98. The number of hydrogen-bond acceptors (Lipinski definition) is 4. The summed E-state index contributed by atoms with van der Waals surface area (Å²) < 4.78 is 5.06. The average molecular weight is 289 g/mol. The first kappa shape index (κ1) is 15.1. The Bertz CT molecular complexity index is 690. The number of fused-ring (bicyclic) bond motifs is 1. The highest BCUT2D eigenvalue weighted by Gasteiger charge is 2.13. The number of aromatic hydroxyl groups is 1. The van der Waals surface area contributed by atoms with E-state index < -0.39 is 11.5 Å². The molecular weight excluding hydrogens is 270 g/mol. The molecule has 0 aliphatic heterocycles. The third kappa shape index (κ3) is 3.84. The zero-order valence-corrected chi connectivity index (χ0v) is 12.0. The van der Waals surface area contributed by atoms with Crippen LogP contribution in [0.3, 0.4) is 0 Å². The molecule has 5 nitrogen and oxygen atoms in total. The third-order valence-corrected chi connectivity index (χ3v) is 3.28. The van der Waals surface area contributed by atoms with Gasteiger partial charge in [0.05, 0.1) is 0 Å². The van der Waals surface area contributed by atoms with Gasteiger partial charge >= 0.3 is 5.63 Å². The van der Waals surface area contributed by atoms with Crippen LogP contribution in [0.4, 0.5) is 0 Å². The van der Waals surface area contributed by atoms with Crippen molar-refractivity contribution < 1.29 is 14.3 Å². The second-order valence-electron chi connectivity index (χ2n) is 4.99.